The average molecular weight is 529 g/mol. The van der Waals surface area contributed by atoms with Crippen LogP contribution in [0.25, 0.3) is 0 Å². The van der Waals surface area contributed by atoms with E-state index in [9.17, 15) is 18.0 Å². The second kappa shape index (κ2) is 12.4. The zero-order valence-corrected chi connectivity index (χ0v) is 22.2. The van der Waals surface area contributed by atoms with Crippen LogP contribution in [-0.4, -0.2) is 50.5 Å². The van der Waals surface area contributed by atoms with Crippen LogP contribution in [0.4, 0.5) is 5.69 Å². The highest BCUT2D eigenvalue weighted by Crippen LogP contribution is 2.27. The minimum atomic E-state index is -3.86. The number of carbonyl (C=O) groups excluding carboxylic acids is 2. The molecule has 2 aromatic rings. The standard InChI is InChI=1S/C24H31Cl2N3O4S/c1-5-6-10-27-24(31)18(3)28(15-19-9-7-8-17(2)11-19)23(30)16-29(34(4,32)33)22-13-20(25)12-21(26)14-22/h7-9,11-14,18H,5-6,10,15-16H2,1-4H3,(H,27,31). The molecule has 34 heavy (non-hydrogen) atoms. The number of carbonyl (C=O) groups is 2. The first-order valence-electron chi connectivity index (χ1n) is 11.0. The summed E-state index contributed by atoms with van der Waals surface area (Å²) in [5, 5.41) is 3.33. The Morgan fingerprint density at radius 1 is 1.09 bits per heavy atom. The Labute approximate surface area is 212 Å². The smallest absolute Gasteiger partial charge is 0.244 e. The molecule has 0 aliphatic rings. The molecule has 0 fully saturated rings. The van der Waals surface area contributed by atoms with E-state index in [1.807, 2.05) is 38.1 Å². The van der Waals surface area contributed by atoms with Crippen LogP contribution in [0.3, 0.4) is 0 Å². The van der Waals surface area contributed by atoms with Crippen LogP contribution in [-0.2, 0) is 26.2 Å². The number of sulfonamides is 1. The maximum absolute atomic E-state index is 13.5. The molecule has 7 nitrogen and oxygen atoms in total. The van der Waals surface area contributed by atoms with Gasteiger partial charge in [-0.05, 0) is 44.0 Å². The molecule has 1 atom stereocenters. The fourth-order valence-electron chi connectivity index (χ4n) is 3.42. The molecule has 1 unspecified atom stereocenters. The van der Waals surface area contributed by atoms with Crippen molar-refractivity contribution in [3.63, 3.8) is 0 Å². The number of amides is 2. The maximum atomic E-state index is 13.5. The van der Waals surface area contributed by atoms with E-state index in [0.717, 1.165) is 34.5 Å². The van der Waals surface area contributed by atoms with Crippen molar-refractivity contribution in [3.05, 3.63) is 63.6 Å². The lowest BCUT2D eigenvalue weighted by Gasteiger charge is -2.31. The van der Waals surface area contributed by atoms with Gasteiger partial charge in [0, 0.05) is 23.1 Å². The van der Waals surface area contributed by atoms with Crippen molar-refractivity contribution in [2.45, 2.75) is 46.2 Å². The predicted molar refractivity (Wildman–Crippen MR) is 138 cm³/mol. The monoisotopic (exact) mass is 527 g/mol. The Balaban J connectivity index is 2.38. The Morgan fingerprint density at radius 3 is 2.29 bits per heavy atom. The maximum Gasteiger partial charge on any atom is 0.244 e. The van der Waals surface area contributed by atoms with Crippen LogP contribution in [0.15, 0.2) is 42.5 Å². The second-order valence-electron chi connectivity index (χ2n) is 8.23. The van der Waals surface area contributed by atoms with Crippen LogP contribution in [0.5, 0.6) is 0 Å². The van der Waals surface area contributed by atoms with Gasteiger partial charge in [0.15, 0.2) is 0 Å². The highest BCUT2D eigenvalue weighted by molar-refractivity contribution is 7.92. The van der Waals surface area contributed by atoms with Gasteiger partial charge in [0.2, 0.25) is 21.8 Å². The van der Waals surface area contributed by atoms with E-state index >= 15 is 0 Å². The van der Waals surface area contributed by atoms with Crippen LogP contribution in [0.1, 0.15) is 37.8 Å². The van der Waals surface area contributed by atoms with Gasteiger partial charge >= 0.3 is 0 Å². The lowest BCUT2D eigenvalue weighted by molar-refractivity contribution is -0.139. The van der Waals surface area contributed by atoms with E-state index in [-0.39, 0.29) is 28.2 Å². The number of halogens is 2. The minimum absolute atomic E-state index is 0.150. The average Bonchev–Trinajstić information content (AvgIpc) is 2.73. The van der Waals surface area contributed by atoms with Crippen molar-refractivity contribution < 1.29 is 18.0 Å². The number of nitrogens with one attached hydrogen (secondary N) is 1. The van der Waals surface area contributed by atoms with Crippen molar-refractivity contribution in [1.82, 2.24) is 10.2 Å². The van der Waals surface area contributed by atoms with Crippen LogP contribution in [0, 0.1) is 6.92 Å². The molecule has 186 valence electrons. The Bertz CT molecular complexity index is 1100. The summed E-state index contributed by atoms with van der Waals surface area (Å²) >= 11 is 12.1. The number of hydrogen-bond acceptors (Lipinski definition) is 4. The van der Waals surface area contributed by atoms with E-state index in [0.29, 0.717) is 6.54 Å². The quantitative estimate of drug-likeness (QED) is 0.438. The van der Waals surface area contributed by atoms with E-state index < -0.39 is 28.5 Å². The van der Waals surface area contributed by atoms with Gasteiger partial charge in [-0.25, -0.2) is 8.42 Å². The number of hydrogen-bond donors (Lipinski definition) is 1. The summed E-state index contributed by atoms with van der Waals surface area (Å²) in [5.74, 6) is -0.827. The lowest BCUT2D eigenvalue weighted by atomic mass is 10.1. The van der Waals surface area contributed by atoms with Gasteiger partial charge < -0.3 is 10.2 Å². The largest absolute Gasteiger partial charge is 0.354 e. The molecule has 2 aromatic carbocycles. The number of benzene rings is 2. The first-order chi connectivity index (χ1) is 15.9. The van der Waals surface area contributed by atoms with Crippen LogP contribution in [0.2, 0.25) is 10.0 Å². The molecule has 0 aliphatic carbocycles. The van der Waals surface area contributed by atoms with Crippen LogP contribution < -0.4 is 9.62 Å². The molecule has 0 aliphatic heterocycles. The molecule has 2 amide bonds. The van der Waals surface area contributed by atoms with Crippen molar-refractivity contribution in [2.75, 3.05) is 23.7 Å². The zero-order valence-electron chi connectivity index (χ0n) is 19.8. The summed E-state index contributed by atoms with van der Waals surface area (Å²) in [4.78, 5) is 27.7. The highest BCUT2D eigenvalue weighted by Gasteiger charge is 2.30. The summed E-state index contributed by atoms with van der Waals surface area (Å²) in [6.45, 7) is 5.74. The van der Waals surface area contributed by atoms with Gasteiger partial charge in [-0.15, -0.1) is 0 Å². The van der Waals surface area contributed by atoms with E-state index in [4.69, 9.17) is 23.2 Å². The SMILES string of the molecule is CCCCNC(=O)C(C)N(Cc1cccc(C)c1)C(=O)CN(c1cc(Cl)cc(Cl)c1)S(C)(=O)=O. The molecule has 10 heteroatoms. The lowest BCUT2D eigenvalue weighted by Crippen LogP contribution is -2.51. The van der Waals surface area contributed by atoms with E-state index in [1.54, 1.807) is 6.92 Å². The molecular formula is C24H31Cl2N3O4S. The molecule has 0 saturated carbocycles. The number of rotatable bonds is 11. The molecule has 1 N–H and O–H groups in total. The molecule has 2 rings (SSSR count). The minimum Gasteiger partial charge on any atom is -0.354 e. The van der Waals surface area contributed by atoms with Crippen molar-refractivity contribution in [1.29, 1.82) is 0 Å². The Morgan fingerprint density at radius 2 is 1.74 bits per heavy atom. The number of anilines is 1. The van der Waals surface area contributed by atoms with E-state index in [2.05, 4.69) is 5.32 Å². The number of unbranched alkanes of at least 4 members (excludes halogenated alkanes) is 1. The van der Waals surface area contributed by atoms with Gasteiger partial charge in [-0.1, -0.05) is 66.4 Å². The molecule has 0 saturated heterocycles. The number of aryl methyl sites for hydroxylation is 1. The molecule has 0 spiro atoms. The summed E-state index contributed by atoms with van der Waals surface area (Å²) in [5.41, 5.74) is 2.01. The van der Waals surface area contributed by atoms with Gasteiger partial charge in [0.25, 0.3) is 0 Å². The molecule has 0 radical (unpaired) electrons. The molecular weight excluding hydrogens is 497 g/mol. The summed E-state index contributed by atoms with van der Waals surface area (Å²) < 4.78 is 26.1. The van der Waals surface area contributed by atoms with E-state index in [1.165, 1.54) is 23.1 Å². The molecule has 0 heterocycles. The van der Waals surface area contributed by atoms with Crippen LogP contribution >= 0.6 is 23.2 Å². The molecule has 0 aromatic heterocycles. The number of nitrogens with zero attached hydrogens (tertiary/aromatic N) is 2. The zero-order chi connectivity index (χ0) is 25.5. The first-order valence-corrected chi connectivity index (χ1v) is 13.6. The van der Waals surface area contributed by atoms with Crippen molar-refractivity contribution in [2.24, 2.45) is 0 Å². The van der Waals surface area contributed by atoms with Gasteiger partial charge in [-0.2, -0.15) is 0 Å². The summed E-state index contributed by atoms with van der Waals surface area (Å²) in [6.07, 6.45) is 2.74. The second-order valence-corrected chi connectivity index (χ2v) is 11.0. The summed E-state index contributed by atoms with van der Waals surface area (Å²) in [6, 6.07) is 11.1. The fraction of sp³-hybridized carbons (Fsp3) is 0.417. The molecule has 0 bridgehead atoms. The summed E-state index contributed by atoms with van der Waals surface area (Å²) in [7, 11) is -3.86. The van der Waals surface area contributed by atoms with Gasteiger partial charge in [0.1, 0.15) is 12.6 Å². The van der Waals surface area contributed by atoms with Gasteiger partial charge in [0.05, 0.1) is 11.9 Å². The third-order valence-corrected chi connectivity index (χ3v) is 6.82. The normalized spacial score (nSPS) is 12.2. The predicted octanol–water partition coefficient (Wildman–Crippen LogP) is 4.40. The Hall–Kier alpha value is -2.29. The third-order valence-electron chi connectivity index (χ3n) is 5.25. The third kappa shape index (κ3) is 8.18. The fourth-order valence-corrected chi connectivity index (χ4v) is 4.77. The first kappa shape index (κ1) is 28.0. The van der Waals surface area contributed by atoms with Crippen molar-refractivity contribution >= 4 is 50.7 Å². The van der Waals surface area contributed by atoms with Crippen molar-refractivity contribution in [3.8, 4) is 0 Å². The Kier molecular flexibility index (Phi) is 10.2. The van der Waals surface area contributed by atoms with Gasteiger partial charge in [-0.3, -0.25) is 13.9 Å². The highest BCUT2D eigenvalue weighted by atomic mass is 35.5. The topological polar surface area (TPSA) is 86.8 Å².